The molecule has 2 aromatic carbocycles. The highest BCUT2D eigenvalue weighted by Gasteiger charge is 2.19. The number of carbonyl (C=O) groups is 2. The Hall–Kier alpha value is -4.70. The van der Waals surface area contributed by atoms with Crippen LogP contribution in [-0.4, -0.2) is 72.2 Å². The van der Waals surface area contributed by atoms with Gasteiger partial charge in [-0.2, -0.15) is 10.2 Å². The zero-order chi connectivity index (χ0) is 28.9. The zero-order valence-electron chi connectivity index (χ0n) is 21.6. The lowest BCUT2D eigenvalue weighted by molar-refractivity contribution is 0.0988. The van der Waals surface area contributed by atoms with E-state index in [1.807, 2.05) is 18.4 Å². The van der Waals surface area contributed by atoms with Crippen LogP contribution >= 0.6 is 11.8 Å². The molecule has 0 radical (unpaired) electrons. The number of thioether (sulfide) groups is 1. The molecule has 204 valence electrons. The number of aromatic nitrogens is 8. The number of benzene rings is 2. The summed E-state index contributed by atoms with van der Waals surface area (Å²) in [6, 6.07) is 7.08. The third kappa shape index (κ3) is 4.56. The lowest BCUT2D eigenvalue weighted by Crippen LogP contribution is -2.12. The lowest BCUT2D eigenvalue weighted by Gasteiger charge is -2.03. The maximum absolute atomic E-state index is 11.6. The first-order valence-electron chi connectivity index (χ1n) is 11.5. The maximum atomic E-state index is 11.6. The van der Waals surface area contributed by atoms with Gasteiger partial charge in [-0.1, -0.05) is 23.9 Å². The summed E-state index contributed by atoms with van der Waals surface area (Å²) in [5, 5.41) is 11.4. The molecule has 0 aliphatic carbocycles. The quantitative estimate of drug-likeness (QED) is 0.225. The fraction of sp³-hybridized carbons (Fsp3) is 0.167. The third-order valence-electron chi connectivity index (χ3n) is 6.05. The summed E-state index contributed by atoms with van der Waals surface area (Å²) in [4.78, 5) is 39.5. The molecule has 6 rings (SSSR count). The monoisotopic (exact) mass is 578 g/mol. The van der Waals surface area contributed by atoms with E-state index in [1.54, 1.807) is 37.1 Å². The second kappa shape index (κ2) is 9.80. The Labute approximate surface area is 230 Å². The van der Waals surface area contributed by atoms with Gasteiger partial charge in [0.25, 0.3) is 11.8 Å². The number of nitrogens with zero attached hydrogens (tertiary/aromatic N) is 8. The van der Waals surface area contributed by atoms with Crippen molar-refractivity contribution < 1.29 is 18.0 Å². The molecule has 0 aliphatic heterocycles. The average Bonchev–Trinajstić information content (AvgIpc) is 3.45. The van der Waals surface area contributed by atoms with Gasteiger partial charge in [-0.25, -0.2) is 28.4 Å². The number of amides is 2. The number of sulfone groups is 1. The maximum Gasteiger partial charge on any atom is 0.269 e. The van der Waals surface area contributed by atoms with Gasteiger partial charge >= 0.3 is 0 Å². The highest BCUT2D eigenvalue weighted by atomic mass is 32.2. The van der Waals surface area contributed by atoms with E-state index in [0.29, 0.717) is 32.3 Å². The molecule has 14 nitrogen and oxygen atoms in total. The van der Waals surface area contributed by atoms with Crippen LogP contribution in [0.4, 0.5) is 0 Å². The normalized spacial score (nSPS) is 11.7. The van der Waals surface area contributed by atoms with Crippen LogP contribution in [0.1, 0.15) is 21.0 Å². The number of aryl methyl sites for hydroxylation is 2. The largest absolute Gasteiger partial charge is 0.364 e. The van der Waals surface area contributed by atoms with Gasteiger partial charge in [-0.15, -0.1) is 0 Å². The molecule has 4 N–H and O–H groups in total. The minimum atomic E-state index is -3.53. The smallest absolute Gasteiger partial charge is 0.269 e. The Morgan fingerprint density at radius 1 is 0.800 bits per heavy atom. The van der Waals surface area contributed by atoms with Crippen LogP contribution < -0.4 is 11.5 Å². The Bertz CT molecular complexity index is 2120. The molecule has 40 heavy (non-hydrogen) atoms. The number of hydrogen-bond donors (Lipinski definition) is 2. The van der Waals surface area contributed by atoms with Crippen LogP contribution in [0.2, 0.25) is 0 Å². The number of nitrogens with two attached hydrogens (primary N) is 2. The van der Waals surface area contributed by atoms with Crippen molar-refractivity contribution in [1.82, 2.24) is 39.5 Å². The van der Waals surface area contributed by atoms with Gasteiger partial charge in [-0.05, 0) is 18.4 Å². The van der Waals surface area contributed by atoms with Crippen LogP contribution in [0, 0.1) is 0 Å². The number of carbonyl (C=O) groups excluding carboxylic acids is 2. The van der Waals surface area contributed by atoms with Crippen molar-refractivity contribution in [2.75, 3.05) is 12.5 Å². The molecule has 4 heterocycles. The molecule has 0 atom stereocenters. The fourth-order valence-electron chi connectivity index (χ4n) is 4.32. The summed E-state index contributed by atoms with van der Waals surface area (Å²) in [5.41, 5.74) is 13.5. The lowest BCUT2D eigenvalue weighted by atomic mass is 10.1. The van der Waals surface area contributed by atoms with E-state index in [-0.39, 0.29) is 16.5 Å². The van der Waals surface area contributed by atoms with Crippen molar-refractivity contribution in [3.8, 4) is 0 Å². The molecular formula is C24H22N10O4S2. The number of primary amides is 2. The summed E-state index contributed by atoms with van der Waals surface area (Å²) < 4.78 is 26.3. The van der Waals surface area contributed by atoms with Crippen molar-refractivity contribution in [1.29, 1.82) is 0 Å². The molecule has 0 unspecified atom stereocenters. The minimum Gasteiger partial charge on any atom is -0.364 e. The van der Waals surface area contributed by atoms with Gasteiger partial charge in [0.05, 0.1) is 11.0 Å². The Kier molecular flexibility index (Phi) is 6.59. The van der Waals surface area contributed by atoms with E-state index >= 15 is 0 Å². The molecule has 0 fully saturated rings. The molecule has 0 saturated heterocycles. The first-order chi connectivity index (χ1) is 18.9. The predicted molar refractivity (Wildman–Crippen MR) is 150 cm³/mol. The van der Waals surface area contributed by atoms with E-state index in [9.17, 15) is 18.0 Å². The van der Waals surface area contributed by atoms with E-state index in [1.165, 1.54) is 22.6 Å². The molecular weight excluding hydrogens is 556 g/mol. The SMILES string of the molecule is CSc1ncc2ccc3c(C(N)=O)nn(C)c3c2n1.Cn1nc(C(N)=O)c2ccc3cnc(S(C)(=O)=O)nc3c21. The molecule has 4 aromatic heterocycles. The van der Waals surface area contributed by atoms with Gasteiger partial charge in [0.15, 0.2) is 16.5 Å². The Morgan fingerprint density at radius 3 is 1.73 bits per heavy atom. The standard InChI is InChI=1S/C12H11N5O3S.C12H11N5OS/c1-17-10-7(9(16-17)11(13)18)4-3-6-5-14-12(15-8(6)10)21(2,19)20;1-17-10-7(9(16-17)11(13)18)4-3-6-5-14-12(19-2)15-8(6)10/h3-5H,1-2H3,(H2,13,18);3-5H,1-2H3,(H2,13,18). The van der Waals surface area contributed by atoms with E-state index in [4.69, 9.17) is 11.5 Å². The van der Waals surface area contributed by atoms with Crippen molar-refractivity contribution in [3.05, 3.63) is 48.0 Å². The second-order valence-electron chi connectivity index (χ2n) is 8.75. The van der Waals surface area contributed by atoms with Crippen LogP contribution in [0.15, 0.2) is 47.0 Å². The zero-order valence-corrected chi connectivity index (χ0v) is 23.3. The summed E-state index contributed by atoms with van der Waals surface area (Å²) in [6.45, 7) is 0. The highest BCUT2D eigenvalue weighted by molar-refractivity contribution is 7.98. The summed E-state index contributed by atoms with van der Waals surface area (Å²) in [5.74, 6) is -1.19. The Balaban J connectivity index is 0.000000162. The molecule has 0 saturated carbocycles. The number of fused-ring (bicyclic) bond motifs is 6. The van der Waals surface area contributed by atoms with Gasteiger partial charge in [0.2, 0.25) is 15.0 Å². The summed E-state index contributed by atoms with van der Waals surface area (Å²) in [6.07, 6.45) is 6.14. The Morgan fingerprint density at radius 2 is 1.27 bits per heavy atom. The molecule has 16 heteroatoms. The van der Waals surface area contributed by atoms with E-state index in [0.717, 1.165) is 22.7 Å². The van der Waals surface area contributed by atoms with Gasteiger partial charge in [0.1, 0.15) is 11.0 Å². The minimum absolute atomic E-state index is 0.119. The third-order valence-corrected chi connectivity index (χ3v) is 7.47. The summed E-state index contributed by atoms with van der Waals surface area (Å²) >= 11 is 1.47. The number of rotatable bonds is 4. The van der Waals surface area contributed by atoms with Gasteiger partial charge in [0, 0.05) is 54.3 Å². The van der Waals surface area contributed by atoms with Gasteiger partial charge < -0.3 is 11.5 Å². The van der Waals surface area contributed by atoms with Crippen molar-refractivity contribution in [2.45, 2.75) is 10.3 Å². The van der Waals surface area contributed by atoms with Gasteiger partial charge in [-0.3, -0.25) is 19.0 Å². The summed E-state index contributed by atoms with van der Waals surface area (Å²) in [7, 11) is -0.121. The van der Waals surface area contributed by atoms with E-state index < -0.39 is 21.7 Å². The van der Waals surface area contributed by atoms with Crippen molar-refractivity contribution in [2.24, 2.45) is 25.6 Å². The van der Waals surface area contributed by atoms with E-state index in [2.05, 4.69) is 30.1 Å². The number of hydrogen-bond acceptors (Lipinski definition) is 11. The fourth-order valence-corrected chi connectivity index (χ4v) is 5.16. The van der Waals surface area contributed by atoms with Crippen LogP contribution in [0.3, 0.4) is 0 Å². The predicted octanol–water partition coefficient (Wildman–Crippen LogP) is 1.36. The first kappa shape index (κ1) is 26.9. The van der Waals surface area contributed by atoms with Crippen LogP contribution in [0.25, 0.3) is 43.6 Å². The first-order valence-corrected chi connectivity index (χ1v) is 14.6. The molecule has 0 aliphatic rings. The molecule has 0 spiro atoms. The van der Waals surface area contributed by atoms with Crippen LogP contribution in [0.5, 0.6) is 0 Å². The average molecular weight is 579 g/mol. The highest BCUT2D eigenvalue weighted by Crippen LogP contribution is 2.27. The molecule has 2 amide bonds. The molecule has 0 bridgehead atoms. The second-order valence-corrected chi connectivity index (χ2v) is 11.4. The molecule has 6 aromatic rings. The van der Waals surface area contributed by atoms with Crippen molar-refractivity contribution >= 4 is 77.0 Å². The van der Waals surface area contributed by atoms with Crippen LogP contribution in [-0.2, 0) is 23.9 Å². The van der Waals surface area contributed by atoms with Crippen molar-refractivity contribution in [3.63, 3.8) is 0 Å². The topological polar surface area (TPSA) is 208 Å².